The molecule has 0 bridgehead atoms. The fraction of sp³-hybridized carbons (Fsp3) is 0.227. The van der Waals surface area contributed by atoms with Gasteiger partial charge in [0.1, 0.15) is 5.82 Å². The van der Waals surface area contributed by atoms with Gasteiger partial charge in [-0.05, 0) is 29.8 Å². The monoisotopic (exact) mass is 389 g/mol. The van der Waals surface area contributed by atoms with Gasteiger partial charge < -0.3 is 15.2 Å². The topological polar surface area (TPSA) is 79.3 Å². The van der Waals surface area contributed by atoms with Crippen molar-refractivity contribution in [2.75, 3.05) is 24.5 Å². The quantitative estimate of drug-likeness (QED) is 0.651. The number of carbonyl (C=O) groups excluding carboxylic acids is 2. The van der Waals surface area contributed by atoms with Gasteiger partial charge in [0, 0.05) is 56.2 Å². The summed E-state index contributed by atoms with van der Waals surface area (Å²) in [6.07, 6.45) is 4.39. The molecule has 0 saturated carbocycles. The molecular weight excluding hydrogens is 366 g/mol. The van der Waals surface area contributed by atoms with Crippen LogP contribution in [0.25, 0.3) is 0 Å². The van der Waals surface area contributed by atoms with Gasteiger partial charge in [0.15, 0.2) is 0 Å². The number of rotatable bonds is 7. The third kappa shape index (κ3) is 4.45. The number of nitrogens with zero attached hydrogens (tertiary/aromatic N) is 3. The molecule has 0 spiro atoms. The van der Waals surface area contributed by atoms with Gasteiger partial charge in [0.2, 0.25) is 0 Å². The molecule has 2 heterocycles. The number of imidazole rings is 1. The first-order valence-corrected chi connectivity index (χ1v) is 9.68. The molecule has 4 rings (SSSR count). The zero-order valence-electron chi connectivity index (χ0n) is 16.0. The van der Waals surface area contributed by atoms with Crippen molar-refractivity contribution in [3.8, 4) is 0 Å². The number of hydrogen-bond donors (Lipinski definition) is 2. The molecule has 7 nitrogen and oxygen atoms in total. The minimum Gasteiger partial charge on any atom is -0.352 e. The average Bonchev–Trinajstić information content (AvgIpc) is 3.37. The molecule has 1 fully saturated rings. The zero-order valence-corrected chi connectivity index (χ0v) is 16.0. The maximum absolute atomic E-state index is 12.4. The molecule has 2 aromatic carbocycles. The molecule has 1 aromatic heterocycles. The predicted molar refractivity (Wildman–Crippen MR) is 111 cm³/mol. The standard InChI is InChI=1S/C22H23N5O2/c28-21(18-6-8-19(9-7-18)27-15-13-25-22(27)29)24-11-10-20-23-12-14-26(20)16-17-4-2-1-3-5-17/h1-9,12,14H,10-11,13,15-16H2,(H,24,28)(H,25,29). The highest BCUT2D eigenvalue weighted by molar-refractivity contribution is 5.96. The van der Waals surface area contributed by atoms with E-state index in [0.717, 1.165) is 18.1 Å². The van der Waals surface area contributed by atoms with Gasteiger partial charge in [-0.2, -0.15) is 0 Å². The highest BCUT2D eigenvalue weighted by atomic mass is 16.2. The number of nitrogens with one attached hydrogen (secondary N) is 2. The van der Waals surface area contributed by atoms with E-state index in [1.54, 1.807) is 35.4 Å². The lowest BCUT2D eigenvalue weighted by Gasteiger charge is -2.14. The van der Waals surface area contributed by atoms with Crippen LogP contribution in [0.15, 0.2) is 67.0 Å². The van der Waals surface area contributed by atoms with E-state index in [9.17, 15) is 9.59 Å². The Morgan fingerprint density at radius 2 is 1.90 bits per heavy atom. The lowest BCUT2D eigenvalue weighted by atomic mass is 10.2. The number of carbonyl (C=O) groups is 2. The Kier molecular flexibility index (Phi) is 5.56. The largest absolute Gasteiger partial charge is 0.352 e. The van der Waals surface area contributed by atoms with Crippen molar-refractivity contribution >= 4 is 17.6 Å². The van der Waals surface area contributed by atoms with Crippen LogP contribution in [0.3, 0.4) is 0 Å². The number of anilines is 1. The van der Waals surface area contributed by atoms with Crippen molar-refractivity contribution < 1.29 is 9.59 Å². The van der Waals surface area contributed by atoms with Crippen LogP contribution in [0.4, 0.5) is 10.5 Å². The summed E-state index contributed by atoms with van der Waals surface area (Å²) < 4.78 is 2.09. The third-order valence-corrected chi connectivity index (χ3v) is 4.93. The minimum atomic E-state index is -0.136. The Labute approximate surface area is 169 Å². The van der Waals surface area contributed by atoms with Crippen molar-refractivity contribution in [1.29, 1.82) is 0 Å². The highest BCUT2D eigenvalue weighted by Crippen LogP contribution is 2.17. The molecule has 29 heavy (non-hydrogen) atoms. The van der Waals surface area contributed by atoms with Gasteiger partial charge in [0.25, 0.3) is 5.91 Å². The molecule has 0 radical (unpaired) electrons. The van der Waals surface area contributed by atoms with Crippen LogP contribution >= 0.6 is 0 Å². The van der Waals surface area contributed by atoms with E-state index in [1.807, 2.05) is 24.4 Å². The van der Waals surface area contributed by atoms with E-state index in [1.165, 1.54) is 5.56 Å². The highest BCUT2D eigenvalue weighted by Gasteiger charge is 2.21. The van der Waals surface area contributed by atoms with Gasteiger partial charge in [-0.15, -0.1) is 0 Å². The van der Waals surface area contributed by atoms with Crippen molar-refractivity contribution in [3.05, 3.63) is 83.9 Å². The second-order valence-corrected chi connectivity index (χ2v) is 6.89. The summed E-state index contributed by atoms with van der Waals surface area (Å²) in [7, 11) is 0. The van der Waals surface area contributed by atoms with Crippen molar-refractivity contribution in [3.63, 3.8) is 0 Å². The Hall–Kier alpha value is -3.61. The second kappa shape index (κ2) is 8.60. The van der Waals surface area contributed by atoms with Crippen LogP contribution in [-0.2, 0) is 13.0 Å². The number of benzene rings is 2. The van der Waals surface area contributed by atoms with Crippen LogP contribution in [0.5, 0.6) is 0 Å². The molecule has 0 atom stereocenters. The number of urea groups is 1. The lowest BCUT2D eigenvalue weighted by molar-refractivity contribution is 0.0954. The van der Waals surface area contributed by atoms with Crippen LogP contribution < -0.4 is 15.5 Å². The first-order chi connectivity index (χ1) is 14.2. The summed E-state index contributed by atoms with van der Waals surface area (Å²) in [6, 6.07) is 17.2. The molecule has 0 aliphatic carbocycles. The number of hydrogen-bond acceptors (Lipinski definition) is 3. The molecule has 2 N–H and O–H groups in total. The lowest BCUT2D eigenvalue weighted by Crippen LogP contribution is -2.28. The first kappa shape index (κ1) is 18.7. The van der Waals surface area contributed by atoms with Crippen LogP contribution in [0, 0.1) is 0 Å². The average molecular weight is 389 g/mol. The molecule has 1 saturated heterocycles. The number of aromatic nitrogens is 2. The summed E-state index contributed by atoms with van der Waals surface area (Å²) in [6.45, 7) is 2.54. The fourth-order valence-electron chi connectivity index (χ4n) is 3.39. The number of amides is 3. The molecule has 148 valence electrons. The molecule has 7 heteroatoms. The Morgan fingerprint density at radius 1 is 1.10 bits per heavy atom. The predicted octanol–water partition coefficient (Wildman–Crippen LogP) is 2.43. The molecular formula is C22H23N5O2. The maximum atomic E-state index is 12.4. The summed E-state index contributed by atoms with van der Waals surface area (Å²) in [5, 5.41) is 5.71. The fourth-order valence-corrected chi connectivity index (χ4v) is 3.39. The van der Waals surface area contributed by atoms with E-state index in [0.29, 0.717) is 31.6 Å². The van der Waals surface area contributed by atoms with E-state index in [-0.39, 0.29) is 11.9 Å². The van der Waals surface area contributed by atoms with E-state index in [2.05, 4.69) is 32.3 Å². The summed E-state index contributed by atoms with van der Waals surface area (Å²) in [5.41, 5.74) is 2.57. The van der Waals surface area contributed by atoms with Gasteiger partial charge in [-0.3, -0.25) is 9.69 Å². The third-order valence-electron chi connectivity index (χ3n) is 4.93. The van der Waals surface area contributed by atoms with Crippen LogP contribution in [0.2, 0.25) is 0 Å². The molecule has 1 aliphatic rings. The van der Waals surface area contributed by atoms with Gasteiger partial charge in [-0.1, -0.05) is 30.3 Å². The molecule has 1 aliphatic heterocycles. The Balaban J connectivity index is 1.30. The van der Waals surface area contributed by atoms with Gasteiger partial charge in [-0.25, -0.2) is 9.78 Å². The van der Waals surface area contributed by atoms with E-state index >= 15 is 0 Å². The van der Waals surface area contributed by atoms with Crippen LogP contribution in [0.1, 0.15) is 21.7 Å². The zero-order chi connectivity index (χ0) is 20.1. The van der Waals surface area contributed by atoms with Crippen molar-refractivity contribution in [2.24, 2.45) is 0 Å². The smallest absolute Gasteiger partial charge is 0.321 e. The molecule has 0 unspecified atom stereocenters. The maximum Gasteiger partial charge on any atom is 0.321 e. The molecule has 3 amide bonds. The summed E-state index contributed by atoms with van der Waals surface area (Å²) >= 11 is 0. The Morgan fingerprint density at radius 3 is 2.62 bits per heavy atom. The van der Waals surface area contributed by atoms with Crippen molar-refractivity contribution in [1.82, 2.24) is 20.2 Å². The normalized spacial score (nSPS) is 13.4. The van der Waals surface area contributed by atoms with Gasteiger partial charge >= 0.3 is 6.03 Å². The molecule has 3 aromatic rings. The summed E-state index contributed by atoms with van der Waals surface area (Å²) in [4.78, 5) is 30.2. The summed E-state index contributed by atoms with van der Waals surface area (Å²) in [5.74, 6) is 0.799. The minimum absolute atomic E-state index is 0.104. The first-order valence-electron chi connectivity index (χ1n) is 9.68. The van der Waals surface area contributed by atoms with E-state index < -0.39 is 0 Å². The second-order valence-electron chi connectivity index (χ2n) is 6.89. The van der Waals surface area contributed by atoms with Crippen LogP contribution in [-0.4, -0.2) is 41.1 Å². The van der Waals surface area contributed by atoms with Gasteiger partial charge in [0.05, 0.1) is 0 Å². The van der Waals surface area contributed by atoms with Crippen molar-refractivity contribution in [2.45, 2.75) is 13.0 Å². The Bertz CT molecular complexity index is 982. The van der Waals surface area contributed by atoms with E-state index in [4.69, 9.17) is 0 Å². The SMILES string of the molecule is O=C(NCCc1nccn1Cc1ccccc1)c1ccc(N2CCNC2=O)cc1.